The number of amides is 3. The van der Waals surface area contributed by atoms with E-state index in [9.17, 15) is 14.4 Å². The van der Waals surface area contributed by atoms with Gasteiger partial charge in [0, 0.05) is 13.1 Å². The number of urea groups is 1. The van der Waals surface area contributed by atoms with E-state index in [0.717, 1.165) is 4.90 Å². The fourth-order valence-corrected chi connectivity index (χ4v) is 2.62. The predicted octanol–water partition coefficient (Wildman–Crippen LogP) is 2.23. The van der Waals surface area contributed by atoms with Gasteiger partial charge in [-0.05, 0) is 32.9 Å². The zero-order chi connectivity index (χ0) is 19.4. The van der Waals surface area contributed by atoms with E-state index in [2.05, 4.69) is 5.32 Å². The molecule has 0 unspecified atom stereocenters. The Kier molecular flexibility index (Phi) is 6.31. The highest BCUT2D eigenvalue weighted by molar-refractivity contribution is 6.32. The van der Waals surface area contributed by atoms with E-state index in [1.165, 1.54) is 26.2 Å². The summed E-state index contributed by atoms with van der Waals surface area (Å²) in [7, 11) is 1.42. The molecule has 0 spiro atoms. The smallest absolute Gasteiger partial charge is 0.339 e. The van der Waals surface area contributed by atoms with Crippen LogP contribution in [0.1, 0.15) is 31.1 Å². The van der Waals surface area contributed by atoms with Gasteiger partial charge in [-0.2, -0.15) is 0 Å². The summed E-state index contributed by atoms with van der Waals surface area (Å²) in [6.45, 7) is 5.68. The Labute approximate surface area is 156 Å². The molecule has 1 atom stereocenters. The summed E-state index contributed by atoms with van der Waals surface area (Å²) in [5, 5.41) is 2.70. The quantitative estimate of drug-likeness (QED) is 0.756. The Hall–Kier alpha value is -2.48. The summed E-state index contributed by atoms with van der Waals surface area (Å²) in [6, 6.07) is 2.30. The SMILES string of the molecule is COc1cc(C(=O)O[C@@H](C)C(=O)N2CCNC2=O)cc(Cl)c1OC(C)C. The number of esters is 1. The van der Waals surface area contributed by atoms with Crippen LogP contribution in [0.5, 0.6) is 11.5 Å². The Morgan fingerprint density at radius 3 is 2.50 bits per heavy atom. The Morgan fingerprint density at radius 1 is 1.27 bits per heavy atom. The molecule has 1 aromatic rings. The van der Waals surface area contributed by atoms with Gasteiger partial charge in [0.2, 0.25) is 0 Å². The number of hydrogen-bond donors (Lipinski definition) is 1. The molecule has 1 aromatic carbocycles. The molecule has 2 rings (SSSR count). The lowest BCUT2D eigenvalue weighted by Gasteiger charge is -2.19. The second-order valence-electron chi connectivity index (χ2n) is 5.93. The molecule has 142 valence electrons. The molecule has 1 saturated heterocycles. The Morgan fingerprint density at radius 2 is 1.96 bits per heavy atom. The highest BCUT2D eigenvalue weighted by atomic mass is 35.5. The molecule has 8 nitrogen and oxygen atoms in total. The van der Waals surface area contributed by atoms with Crippen LogP contribution in [-0.4, -0.2) is 55.2 Å². The number of benzene rings is 1. The number of nitrogens with one attached hydrogen (secondary N) is 1. The minimum atomic E-state index is -1.12. The lowest BCUT2D eigenvalue weighted by Crippen LogP contribution is -2.41. The molecule has 9 heteroatoms. The van der Waals surface area contributed by atoms with Crippen LogP contribution < -0.4 is 14.8 Å². The summed E-state index contributed by atoms with van der Waals surface area (Å²) >= 11 is 6.18. The molecule has 0 saturated carbocycles. The van der Waals surface area contributed by atoms with Crippen molar-refractivity contribution >= 4 is 29.5 Å². The summed E-state index contributed by atoms with van der Waals surface area (Å²) in [4.78, 5) is 37.1. The van der Waals surface area contributed by atoms with E-state index in [1.807, 2.05) is 13.8 Å². The monoisotopic (exact) mass is 384 g/mol. The van der Waals surface area contributed by atoms with Crippen LogP contribution in [-0.2, 0) is 9.53 Å². The topological polar surface area (TPSA) is 94.2 Å². The van der Waals surface area contributed by atoms with Gasteiger partial charge in [0.25, 0.3) is 5.91 Å². The van der Waals surface area contributed by atoms with Crippen LogP contribution in [0.15, 0.2) is 12.1 Å². The average Bonchev–Trinajstić information content (AvgIpc) is 3.01. The molecular weight excluding hydrogens is 364 g/mol. The van der Waals surface area contributed by atoms with Crippen molar-refractivity contribution in [2.45, 2.75) is 33.0 Å². The van der Waals surface area contributed by atoms with E-state index in [-0.39, 0.29) is 29.0 Å². The number of carbonyl (C=O) groups excluding carboxylic acids is 3. The van der Waals surface area contributed by atoms with Gasteiger partial charge in [-0.15, -0.1) is 0 Å². The average molecular weight is 385 g/mol. The third-order valence-electron chi connectivity index (χ3n) is 3.57. The second kappa shape index (κ2) is 8.27. The van der Waals surface area contributed by atoms with E-state index < -0.39 is 24.0 Å². The largest absolute Gasteiger partial charge is 0.493 e. The van der Waals surface area contributed by atoms with Crippen molar-refractivity contribution in [3.8, 4) is 11.5 Å². The van der Waals surface area contributed by atoms with Crippen molar-refractivity contribution < 1.29 is 28.6 Å². The minimum Gasteiger partial charge on any atom is -0.493 e. The number of hydrogen-bond acceptors (Lipinski definition) is 6. The molecule has 0 aliphatic carbocycles. The van der Waals surface area contributed by atoms with Crippen LogP contribution in [0.2, 0.25) is 5.02 Å². The molecule has 26 heavy (non-hydrogen) atoms. The standard InChI is InChI=1S/C17H21ClN2O6/c1-9(2)25-14-12(18)7-11(8-13(14)24-4)16(22)26-10(3)15(21)20-6-5-19-17(20)23/h7-10H,5-6H2,1-4H3,(H,19,23)/t10-/m0/s1. The zero-order valence-corrected chi connectivity index (χ0v) is 15.8. The first-order valence-corrected chi connectivity index (χ1v) is 8.46. The number of imide groups is 1. The van der Waals surface area contributed by atoms with Crippen molar-refractivity contribution in [3.63, 3.8) is 0 Å². The molecule has 1 N–H and O–H groups in total. The number of carbonyl (C=O) groups is 3. The van der Waals surface area contributed by atoms with Crippen LogP contribution in [0.4, 0.5) is 4.79 Å². The molecule has 0 bridgehead atoms. The van der Waals surface area contributed by atoms with Crippen molar-refractivity contribution in [1.82, 2.24) is 10.2 Å². The number of rotatable bonds is 6. The van der Waals surface area contributed by atoms with Crippen molar-refractivity contribution in [1.29, 1.82) is 0 Å². The highest BCUT2D eigenvalue weighted by Crippen LogP contribution is 2.37. The molecule has 1 fully saturated rings. The first-order valence-electron chi connectivity index (χ1n) is 8.09. The lowest BCUT2D eigenvalue weighted by molar-refractivity contribution is -0.136. The molecule has 0 radical (unpaired) electrons. The highest BCUT2D eigenvalue weighted by Gasteiger charge is 2.32. The van der Waals surface area contributed by atoms with E-state index in [0.29, 0.717) is 12.3 Å². The fourth-order valence-electron chi connectivity index (χ4n) is 2.37. The maximum atomic E-state index is 12.4. The summed E-state index contributed by atoms with van der Waals surface area (Å²) in [5.41, 5.74) is 0.105. The van der Waals surface area contributed by atoms with Crippen molar-refractivity contribution in [2.24, 2.45) is 0 Å². The minimum absolute atomic E-state index is 0.105. The third-order valence-corrected chi connectivity index (χ3v) is 3.85. The van der Waals surface area contributed by atoms with Crippen LogP contribution >= 0.6 is 11.6 Å². The first kappa shape index (κ1) is 19.8. The number of halogens is 1. The van der Waals surface area contributed by atoms with Gasteiger partial charge in [-0.25, -0.2) is 9.59 Å². The van der Waals surface area contributed by atoms with Crippen LogP contribution in [0.25, 0.3) is 0 Å². The maximum absolute atomic E-state index is 12.4. The maximum Gasteiger partial charge on any atom is 0.339 e. The molecule has 1 heterocycles. The predicted molar refractivity (Wildman–Crippen MR) is 93.8 cm³/mol. The Balaban J connectivity index is 2.15. The first-order chi connectivity index (χ1) is 12.2. The normalized spacial score (nSPS) is 14.8. The van der Waals surface area contributed by atoms with Crippen molar-refractivity contribution in [3.05, 3.63) is 22.7 Å². The number of nitrogens with zero attached hydrogens (tertiary/aromatic N) is 1. The molecule has 1 aliphatic rings. The van der Waals surface area contributed by atoms with Gasteiger partial charge >= 0.3 is 12.0 Å². The van der Waals surface area contributed by atoms with Gasteiger partial charge in [-0.1, -0.05) is 11.6 Å². The van der Waals surface area contributed by atoms with Crippen LogP contribution in [0.3, 0.4) is 0 Å². The Bertz CT molecular complexity index is 721. The summed E-state index contributed by atoms with van der Waals surface area (Å²) < 4.78 is 16.0. The molecule has 1 aliphatic heterocycles. The molecular formula is C17H21ClN2O6. The number of methoxy groups -OCH3 is 1. The summed E-state index contributed by atoms with van der Waals surface area (Å²) in [6.07, 6.45) is -1.26. The van der Waals surface area contributed by atoms with E-state index in [1.54, 1.807) is 0 Å². The number of ether oxygens (including phenoxy) is 3. The van der Waals surface area contributed by atoms with Crippen LogP contribution in [0, 0.1) is 0 Å². The lowest BCUT2D eigenvalue weighted by atomic mass is 10.2. The third kappa shape index (κ3) is 4.37. The van der Waals surface area contributed by atoms with Gasteiger partial charge < -0.3 is 19.5 Å². The van der Waals surface area contributed by atoms with Gasteiger partial charge in [-0.3, -0.25) is 9.69 Å². The van der Waals surface area contributed by atoms with E-state index in [4.69, 9.17) is 25.8 Å². The molecule has 3 amide bonds. The van der Waals surface area contributed by atoms with Gasteiger partial charge in [0.05, 0.1) is 23.8 Å². The van der Waals surface area contributed by atoms with Crippen molar-refractivity contribution in [2.75, 3.05) is 20.2 Å². The molecule has 0 aromatic heterocycles. The second-order valence-corrected chi connectivity index (χ2v) is 6.33. The summed E-state index contributed by atoms with van der Waals surface area (Å²) in [5.74, 6) is -0.762. The van der Waals surface area contributed by atoms with Gasteiger partial charge in [0.1, 0.15) is 0 Å². The zero-order valence-electron chi connectivity index (χ0n) is 15.0. The van der Waals surface area contributed by atoms with E-state index >= 15 is 0 Å². The fraction of sp³-hybridized carbons (Fsp3) is 0.471. The van der Waals surface area contributed by atoms with Gasteiger partial charge in [0.15, 0.2) is 17.6 Å².